The maximum atomic E-state index is 6.55. The van der Waals surface area contributed by atoms with Crippen LogP contribution in [-0.2, 0) is 0 Å². The lowest BCUT2D eigenvalue weighted by atomic mass is 9.98. The molecule has 0 saturated heterocycles. The maximum Gasteiger partial charge on any atom is 0.136 e. The second-order valence-electron chi connectivity index (χ2n) is 14.5. The van der Waals surface area contributed by atoms with Crippen LogP contribution in [0.1, 0.15) is 0 Å². The van der Waals surface area contributed by atoms with Gasteiger partial charge in [0.25, 0.3) is 0 Å². The van der Waals surface area contributed by atoms with Crippen LogP contribution in [0.5, 0.6) is 0 Å². The Morgan fingerprint density at radius 3 is 1.58 bits per heavy atom. The van der Waals surface area contributed by atoms with Gasteiger partial charge in [0.15, 0.2) is 0 Å². The molecular weight excluding hydrogens is 711 g/mol. The highest BCUT2D eigenvalue weighted by Gasteiger charge is 2.23. The van der Waals surface area contributed by atoms with E-state index in [0.29, 0.717) is 0 Å². The van der Waals surface area contributed by atoms with E-state index < -0.39 is 0 Å². The van der Waals surface area contributed by atoms with Gasteiger partial charge in [-0.05, 0) is 99.1 Å². The SMILES string of the molecule is c1ccc(-c2cccc(N(c3ccc4oc5cc(-c6ccccc6)ccc5c4c3)c3ccc(-c4ccccc4)c4sc5cc(-c6ccccc6)ccc5c34)c2)cc1. The molecule has 0 amide bonds. The minimum absolute atomic E-state index is 0.871. The van der Waals surface area contributed by atoms with Crippen molar-refractivity contribution in [2.75, 3.05) is 4.90 Å². The number of benzene rings is 9. The fourth-order valence-corrected chi connectivity index (χ4v) is 9.60. The van der Waals surface area contributed by atoms with Gasteiger partial charge in [0.05, 0.1) is 5.69 Å². The predicted octanol–water partition coefficient (Wildman–Crippen LogP) is 16.1. The standard InChI is InChI=1S/C54H35NOS/c1-5-14-36(15-6-1)40-22-13-23-43(32-40)55(44-26-31-50-48(35-44)46-27-24-41(33-51(46)56-50)37-16-7-2-8-17-37)49-30-29-45(39-20-11-4-12-21-39)54-53(49)47-28-25-42(34-52(47)57-54)38-18-9-3-10-19-38/h1-35H. The molecule has 57 heavy (non-hydrogen) atoms. The van der Waals surface area contributed by atoms with Crippen molar-refractivity contribution in [1.82, 2.24) is 0 Å². The van der Waals surface area contributed by atoms with Crippen LogP contribution in [0.3, 0.4) is 0 Å². The molecule has 0 atom stereocenters. The van der Waals surface area contributed by atoms with Crippen molar-refractivity contribution in [2.45, 2.75) is 0 Å². The fourth-order valence-electron chi connectivity index (χ4n) is 8.30. The summed E-state index contributed by atoms with van der Waals surface area (Å²) >= 11 is 1.88. The molecule has 11 aromatic rings. The minimum atomic E-state index is 0.871. The van der Waals surface area contributed by atoms with Crippen molar-refractivity contribution in [2.24, 2.45) is 0 Å². The number of thiophene rings is 1. The maximum absolute atomic E-state index is 6.55. The quantitative estimate of drug-likeness (QED) is 0.162. The van der Waals surface area contributed by atoms with E-state index in [4.69, 9.17) is 4.42 Å². The molecule has 0 aliphatic heterocycles. The van der Waals surface area contributed by atoms with Gasteiger partial charge in [-0.25, -0.2) is 0 Å². The van der Waals surface area contributed by atoms with Crippen molar-refractivity contribution < 1.29 is 4.42 Å². The molecule has 0 N–H and O–H groups in total. The van der Waals surface area contributed by atoms with Crippen molar-refractivity contribution in [1.29, 1.82) is 0 Å². The van der Waals surface area contributed by atoms with Crippen LogP contribution in [0.4, 0.5) is 17.1 Å². The van der Waals surface area contributed by atoms with Gasteiger partial charge in [-0.3, -0.25) is 0 Å². The number of nitrogens with zero attached hydrogens (tertiary/aromatic N) is 1. The first-order valence-corrected chi connectivity index (χ1v) is 20.1. The largest absolute Gasteiger partial charge is 0.456 e. The summed E-state index contributed by atoms with van der Waals surface area (Å²) in [6.45, 7) is 0. The van der Waals surface area contributed by atoms with Crippen LogP contribution in [-0.4, -0.2) is 0 Å². The number of hydrogen-bond acceptors (Lipinski definition) is 3. The molecular formula is C54H35NOS. The molecule has 9 aromatic carbocycles. The van der Waals surface area contributed by atoms with Gasteiger partial charge in [-0.2, -0.15) is 0 Å². The van der Waals surface area contributed by atoms with E-state index in [2.05, 4.69) is 217 Å². The second-order valence-corrected chi connectivity index (χ2v) is 15.5. The van der Waals surface area contributed by atoms with E-state index in [1.165, 1.54) is 59.1 Å². The van der Waals surface area contributed by atoms with Gasteiger partial charge in [0.1, 0.15) is 11.2 Å². The molecule has 0 unspecified atom stereocenters. The molecule has 3 heteroatoms. The van der Waals surface area contributed by atoms with Gasteiger partial charge in [0, 0.05) is 42.3 Å². The van der Waals surface area contributed by atoms with Gasteiger partial charge in [0.2, 0.25) is 0 Å². The fraction of sp³-hybridized carbons (Fsp3) is 0. The highest BCUT2D eigenvalue weighted by atomic mass is 32.1. The zero-order valence-corrected chi connectivity index (χ0v) is 31.8. The molecule has 2 nitrogen and oxygen atoms in total. The Hall–Kier alpha value is -7.20. The monoisotopic (exact) mass is 745 g/mol. The molecule has 0 aliphatic rings. The van der Waals surface area contributed by atoms with Gasteiger partial charge in [-0.1, -0.05) is 158 Å². The summed E-state index contributed by atoms with van der Waals surface area (Å²) in [5, 5.41) is 4.68. The summed E-state index contributed by atoms with van der Waals surface area (Å²) in [5.41, 5.74) is 14.6. The first-order valence-electron chi connectivity index (χ1n) is 19.3. The Balaban J connectivity index is 1.16. The Kier molecular flexibility index (Phi) is 8.04. The third kappa shape index (κ3) is 5.88. The van der Waals surface area contributed by atoms with Crippen LogP contribution in [0.15, 0.2) is 217 Å². The summed E-state index contributed by atoms with van der Waals surface area (Å²) < 4.78 is 9.08. The molecule has 0 aliphatic carbocycles. The Morgan fingerprint density at radius 1 is 0.351 bits per heavy atom. The lowest BCUT2D eigenvalue weighted by Crippen LogP contribution is -2.10. The van der Waals surface area contributed by atoms with E-state index >= 15 is 0 Å². The molecule has 2 aromatic heterocycles. The van der Waals surface area contributed by atoms with Crippen LogP contribution in [0, 0.1) is 0 Å². The van der Waals surface area contributed by atoms with Crippen LogP contribution >= 0.6 is 11.3 Å². The van der Waals surface area contributed by atoms with Crippen LogP contribution in [0.25, 0.3) is 86.6 Å². The first-order chi connectivity index (χ1) is 28.2. The highest BCUT2D eigenvalue weighted by molar-refractivity contribution is 7.26. The summed E-state index contributed by atoms with van der Waals surface area (Å²) in [4.78, 5) is 2.44. The van der Waals surface area contributed by atoms with Crippen molar-refractivity contribution in [3.05, 3.63) is 212 Å². The zero-order valence-electron chi connectivity index (χ0n) is 31.0. The normalized spacial score (nSPS) is 11.5. The van der Waals surface area contributed by atoms with E-state index in [0.717, 1.165) is 44.6 Å². The predicted molar refractivity (Wildman–Crippen MR) is 243 cm³/mol. The molecule has 0 bridgehead atoms. The Labute approximate surface area is 335 Å². The average molecular weight is 746 g/mol. The summed E-state index contributed by atoms with van der Waals surface area (Å²) in [6, 6.07) is 76.3. The number of furan rings is 1. The molecule has 0 fully saturated rings. The van der Waals surface area contributed by atoms with Gasteiger partial charge in [-0.15, -0.1) is 11.3 Å². The number of hydrogen-bond donors (Lipinski definition) is 0. The van der Waals surface area contributed by atoms with Gasteiger partial charge >= 0.3 is 0 Å². The summed E-state index contributed by atoms with van der Waals surface area (Å²) in [5.74, 6) is 0. The van der Waals surface area contributed by atoms with E-state index in [1.54, 1.807) is 0 Å². The number of anilines is 3. The molecule has 0 radical (unpaired) electrons. The van der Waals surface area contributed by atoms with Gasteiger partial charge < -0.3 is 9.32 Å². The van der Waals surface area contributed by atoms with E-state index in [-0.39, 0.29) is 0 Å². The van der Waals surface area contributed by atoms with Crippen molar-refractivity contribution >= 4 is 70.5 Å². The summed E-state index contributed by atoms with van der Waals surface area (Å²) in [6.07, 6.45) is 0. The number of rotatable bonds is 7. The first kappa shape index (κ1) is 33.2. The molecule has 11 rings (SSSR count). The van der Waals surface area contributed by atoms with E-state index in [9.17, 15) is 0 Å². The van der Waals surface area contributed by atoms with E-state index in [1.807, 2.05) is 11.3 Å². The second kappa shape index (κ2) is 13.8. The third-order valence-electron chi connectivity index (χ3n) is 11.1. The minimum Gasteiger partial charge on any atom is -0.456 e. The highest BCUT2D eigenvalue weighted by Crippen LogP contribution is 2.50. The molecule has 0 saturated carbocycles. The third-order valence-corrected chi connectivity index (χ3v) is 12.2. The van der Waals surface area contributed by atoms with Crippen LogP contribution in [0.2, 0.25) is 0 Å². The molecule has 2 heterocycles. The van der Waals surface area contributed by atoms with Crippen molar-refractivity contribution in [3.8, 4) is 44.5 Å². The lowest BCUT2D eigenvalue weighted by Gasteiger charge is -2.27. The lowest BCUT2D eigenvalue weighted by molar-refractivity contribution is 0.669. The smallest absolute Gasteiger partial charge is 0.136 e. The number of fused-ring (bicyclic) bond motifs is 6. The van der Waals surface area contributed by atoms with Crippen LogP contribution < -0.4 is 4.90 Å². The Bertz CT molecular complexity index is 3220. The topological polar surface area (TPSA) is 16.4 Å². The average Bonchev–Trinajstić information content (AvgIpc) is 3.86. The van der Waals surface area contributed by atoms with Crippen molar-refractivity contribution in [3.63, 3.8) is 0 Å². The molecule has 268 valence electrons. The molecule has 0 spiro atoms. The zero-order chi connectivity index (χ0) is 37.7. The Morgan fingerprint density at radius 2 is 0.912 bits per heavy atom. The summed E-state index contributed by atoms with van der Waals surface area (Å²) in [7, 11) is 0.